The molecule has 0 unspecified atom stereocenters. The van der Waals surface area contributed by atoms with Crippen LogP contribution in [-0.2, 0) is 17.9 Å². The predicted octanol–water partition coefficient (Wildman–Crippen LogP) is 4.54. The van der Waals surface area contributed by atoms with Crippen molar-refractivity contribution in [2.24, 2.45) is 0 Å². The lowest BCUT2D eigenvalue weighted by atomic mass is 10.1. The summed E-state index contributed by atoms with van der Waals surface area (Å²) in [5.74, 6) is 0.427. The van der Waals surface area contributed by atoms with E-state index in [1.54, 1.807) is 22.8 Å². The highest BCUT2D eigenvalue weighted by molar-refractivity contribution is 7.71. The minimum Gasteiger partial charge on any atom is -0.350 e. The van der Waals surface area contributed by atoms with Crippen molar-refractivity contribution in [2.45, 2.75) is 20.0 Å². The maximum Gasteiger partial charge on any atom is 0.240 e. The Bertz CT molecular complexity index is 995. The Labute approximate surface area is 166 Å². The predicted molar refractivity (Wildman–Crippen MR) is 106 cm³/mol. The van der Waals surface area contributed by atoms with Crippen LogP contribution in [0, 0.1) is 11.7 Å². The summed E-state index contributed by atoms with van der Waals surface area (Å²) in [6.45, 7) is 2.37. The van der Waals surface area contributed by atoms with Gasteiger partial charge in [-0.05, 0) is 36.8 Å². The van der Waals surface area contributed by atoms with E-state index in [-0.39, 0.29) is 12.5 Å². The van der Waals surface area contributed by atoms with Gasteiger partial charge in [0.25, 0.3) is 0 Å². The van der Waals surface area contributed by atoms with Gasteiger partial charge in [0.05, 0.1) is 0 Å². The van der Waals surface area contributed by atoms with Gasteiger partial charge in [0.1, 0.15) is 6.54 Å². The van der Waals surface area contributed by atoms with Crippen LogP contribution in [-0.4, -0.2) is 20.7 Å². The molecule has 1 amide bonds. The van der Waals surface area contributed by atoms with Crippen LogP contribution in [0.25, 0.3) is 11.4 Å². The molecule has 3 aromatic rings. The van der Waals surface area contributed by atoms with Gasteiger partial charge in [-0.15, -0.1) is 0 Å². The van der Waals surface area contributed by atoms with E-state index in [1.165, 1.54) is 0 Å². The molecule has 3 rings (SSSR count). The fourth-order valence-electron chi connectivity index (χ4n) is 2.45. The second-order valence-electron chi connectivity index (χ2n) is 5.82. The van der Waals surface area contributed by atoms with Gasteiger partial charge >= 0.3 is 0 Å². The third kappa shape index (κ3) is 4.33. The van der Waals surface area contributed by atoms with Gasteiger partial charge < -0.3 is 5.32 Å². The maximum atomic E-state index is 12.4. The average molecular weight is 407 g/mol. The Kier molecular flexibility index (Phi) is 5.76. The van der Waals surface area contributed by atoms with Crippen molar-refractivity contribution < 1.29 is 4.79 Å². The molecule has 0 aliphatic carbocycles. The number of aromatic amines is 1. The standard InChI is InChI=1S/C18H16Cl2N4OS/c1-11-2-4-12(5-3-11)17-22-23-18(26)24(17)10-16(25)21-9-13-6-7-14(19)8-15(13)20/h2-8H,9-10H2,1H3,(H,21,25)(H,23,26). The lowest BCUT2D eigenvalue weighted by Crippen LogP contribution is -2.27. The zero-order valence-corrected chi connectivity index (χ0v) is 16.3. The summed E-state index contributed by atoms with van der Waals surface area (Å²) in [5.41, 5.74) is 2.82. The summed E-state index contributed by atoms with van der Waals surface area (Å²) >= 11 is 17.3. The van der Waals surface area contributed by atoms with E-state index in [2.05, 4.69) is 15.5 Å². The van der Waals surface area contributed by atoms with Gasteiger partial charge in [0.2, 0.25) is 5.91 Å². The molecule has 26 heavy (non-hydrogen) atoms. The number of H-pyrrole nitrogens is 1. The normalized spacial score (nSPS) is 10.7. The van der Waals surface area contributed by atoms with Gasteiger partial charge in [-0.3, -0.25) is 14.5 Å². The Hall–Kier alpha value is -2.15. The molecule has 0 spiro atoms. The molecule has 134 valence electrons. The Morgan fingerprint density at radius 1 is 1.23 bits per heavy atom. The third-order valence-corrected chi connectivity index (χ3v) is 4.76. The Morgan fingerprint density at radius 2 is 1.96 bits per heavy atom. The number of nitrogens with one attached hydrogen (secondary N) is 2. The second-order valence-corrected chi connectivity index (χ2v) is 7.05. The molecule has 0 saturated heterocycles. The van der Waals surface area contributed by atoms with Crippen LogP contribution in [0.3, 0.4) is 0 Å². The molecule has 0 radical (unpaired) electrons. The minimum absolute atomic E-state index is 0.0593. The smallest absolute Gasteiger partial charge is 0.240 e. The number of carbonyl (C=O) groups is 1. The van der Waals surface area contributed by atoms with Crippen LogP contribution in [0.2, 0.25) is 10.0 Å². The highest BCUT2D eigenvalue weighted by Crippen LogP contribution is 2.21. The summed E-state index contributed by atoms with van der Waals surface area (Å²) in [5, 5.41) is 10.9. The lowest BCUT2D eigenvalue weighted by molar-refractivity contribution is -0.121. The first-order valence-corrected chi connectivity index (χ1v) is 9.03. The van der Waals surface area contributed by atoms with Gasteiger partial charge in [-0.2, -0.15) is 5.10 Å². The Morgan fingerprint density at radius 3 is 2.65 bits per heavy atom. The zero-order chi connectivity index (χ0) is 18.7. The summed E-state index contributed by atoms with van der Waals surface area (Å²) in [7, 11) is 0. The molecule has 0 fully saturated rings. The molecular weight excluding hydrogens is 391 g/mol. The summed E-state index contributed by atoms with van der Waals surface area (Å²) in [6.07, 6.45) is 0. The highest BCUT2D eigenvalue weighted by Gasteiger charge is 2.12. The summed E-state index contributed by atoms with van der Waals surface area (Å²) in [6, 6.07) is 13.0. The van der Waals surface area contributed by atoms with Gasteiger partial charge in [0, 0.05) is 22.2 Å². The number of aromatic nitrogens is 3. The average Bonchev–Trinajstić information content (AvgIpc) is 2.95. The molecule has 5 nitrogen and oxygen atoms in total. The zero-order valence-electron chi connectivity index (χ0n) is 13.9. The van der Waals surface area contributed by atoms with Crippen molar-refractivity contribution in [1.29, 1.82) is 0 Å². The lowest BCUT2D eigenvalue weighted by Gasteiger charge is -2.09. The van der Waals surface area contributed by atoms with E-state index in [1.807, 2.05) is 31.2 Å². The third-order valence-electron chi connectivity index (χ3n) is 3.86. The molecule has 1 heterocycles. The first-order chi connectivity index (χ1) is 12.4. The molecule has 0 saturated carbocycles. The van der Waals surface area contributed by atoms with E-state index in [0.717, 1.165) is 16.7 Å². The highest BCUT2D eigenvalue weighted by atomic mass is 35.5. The monoisotopic (exact) mass is 406 g/mol. The number of rotatable bonds is 5. The Balaban J connectivity index is 1.72. The minimum atomic E-state index is -0.193. The number of hydrogen-bond acceptors (Lipinski definition) is 3. The number of amides is 1. The van der Waals surface area contributed by atoms with Crippen LogP contribution >= 0.6 is 35.4 Å². The van der Waals surface area contributed by atoms with E-state index in [9.17, 15) is 4.79 Å². The molecule has 0 bridgehead atoms. The number of benzene rings is 2. The van der Waals surface area contributed by atoms with Crippen molar-refractivity contribution in [3.8, 4) is 11.4 Å². The number of nitrogens with zero attached hydrogens (tertiary/aromatic N) is 2. The fraction of sp³-hybridized carbons (Fsp3) is 0.167. The van der Waals surface area contributed by atoms with Gasteiger partial charge in [-0.1, -0.05) is 59.1 Å². The van der Waals surface area contributed by atoms with Crippen molar-refractivity contribution >= 4 is 41.3 Å². The van der Waals surface area contributed by atoms with E-state index in [0.29, 0.717) is 27.2 Å². The van der Waals surface area contributed by atoms with Crippen molar-refractivity contribution in [1.82, 2.24) is 20.1 Å². The molecular formula is C18H16Cl2N4OS. The van der Waals surface area contributed by atoms with Crippen molar-refractivity contribution in [3.05, 3.63) is 68.4 Å². The molecule has 0 atom stereocenters. The van der Waals surface area contributed by atoms with Crippen molar-refractivity contribution in [2.75, 3.05) is 0 Å². The fourth-order valence-corrected chi connectivity index (χ4v) is 3.12. The number of halogens is 2. The SMILES string of the molecule is Cc1ccc(-c2n[nH]c(=S)n2CC(=O)NCc2ccc(Cl)cc2Cl)cc1. The molecule has 2 aromatic carbocycles. The molecule has 0 aliphatic rings. The van der Waals surface area contributed by atoms with Gasteiger partial charge in [-0.25, -0.2) is 0 Å². The van der Waals surface area contributed by atoms with Gasteiger partial charge in [0.15, 0.2) is 10.6 Å². The second kappa shape index (κ2) is 8.03. The summed E-state index contributed by atoms with van der Waals surface area (Å²) in [4.78, 5) is 12.4. The van der Waals surface area contributed by atoms with Crippen LogP contribution in [0.1, 0.15) is 11.1 Å². The first-order valence-electron chi connectivity index (χ1n) is 7.87. The molecule has 1 aromatic heterocycles. The van der Waals surface area contributed by atoms with Crippen LogP contribution in [0.4, 0.5) is 0 Å². The number of hydrogen-bond donors (Lipinski definition) is 2. The van der Waals surface area contributed by atoms with Crippen molar-refractivity contribution in [3.63, 3.8) is 0 Å². The quantitative estimate of drug-likeness (QED) is 0.611. The number of aryl methyl sites for hydroxylation is 1. The molecule has 8 heteroatoms. The molecule has 0 aliphatic heterocycles. The summed E-state index contributed by atoms with van der Waals surface area (Å²) < 4.78 is 2.05. The van der Waals surface area contributed by atoms with Crippen LogP contribution < -0.4 is 5.32 Å². The maximum absolute atomic E-state index is 12.4. The molecule has 2 N–H and O–H groups in total. The van der Waals surface area contributed by atoms with E-state index >= 15 is 0 Å². The largest absolute Gasteiger partial charge is 0.350 e. The topological polar surface area (TPSA) is 62.7 Å². The first kappa shape index (κ1) is 18.6. The van der Waals surface area contributed by atoms with E-state index in [4.69, 9.17) is 35.4 Å². The van der Waals surface area contributed by atoms with E-state index < -0.39 is 0 Å². The van der Waals surface area contributed by atoms with Crippen LogP contribution in [0.5, 0.6) is 0 Å². The number of carbonyl (C=O) groups excluding carboxylic acids is 1. The van der Waals surface area contributed by atoms with Crippen LogP contribution in [0.15, 0.2) is 42.5 Å².